The van der Waals surface area contributed by atoms with E-state index in [2.05, 4.69) is 32.9 Å². The first kappa shape index (κ1) is 64.2. The van der Waals surface area contributed by atoms with Crippen LogP contribution in [0, 0.1) is 0 Å². The van der Waals surface area contributed by atoms with Gasteiger partial charge in [-0.15, -0.1) is 0 Å². The molecule has 390 valence electrons. The summed E-state index contributed by atoms with van der Waals surface area (Å²) < 4.78 is 16.9. The Morgan fingerprint density at radius 2 is 0.500 bits per heavy atom. The standard InChI is InChI=1S/C60H114O6/c1-4-7-10-13-16-19-22-25-28-29-30-31-33-35-38-41-44-47-50-53-59(62)65-56-57(55-64-58(61)52-49-46-43-40-37-34-27-24-21-18-15-12-9-6-3)66-60(63)54-51-48-45-42-39-36-32-26-23-20-17-14-11-8-5-2/h20,23,57H,4-19,21-22,24-56H2,1-3H3/b23-20+/t57-/m1/s1. The third-order valence-corrected chi connectivity index (χ3v) is 13.5. The first-order valence-electron chi connectivity index (χ1n) is 29.7. The number of unbranched alkanes of at least 4 members (excludes halogenated alkanes) is 42. The van der Waals surface area contributed by atoms with E-state index in [1.807, 2.05) is 0 Å². The molecular formula is C60H114O6. The topological polar surface area (TPSA) is 78.9 Å². The molecule has 0 fully saturated rings. The van der Waals surface area contributed by atoms with Gasteiger partial charge in [-0.1, -0.05) is 283 Å². The van der Waals surface area contributed by atoms with Crippen molar-refractivity contribution < 1.29 is 28.6 Å². The highest BCUT2D eigenvalue weighted by atomic mass is 16.6. The highest BCUT2D eigenvalue weighted by molar-refractivity contribution is 5.71. The second-order valence-corrected chi connectivity index (χ2v) is 20.3. The van der Waals surface area contributed by atoms with Crippen LogP contribution in [0.1, 0.15) is 335 Å². The van der Waals surface area contributed by atoms with Crippen LogP contribution in [0.5, 0.6) is 0 Å². The predicted octanol–water partition coefficient (Wildman–Crippen LogP) is 19.7. The third kappa shape index (κ3) is 53.1. The first-order valence-corrected chi connectivity index (χ1v) is 29.7. The third-order valence-electron chi connectivity index (χ3n) is 13.5. The SMILES string of the molecule is CCCCCC/C=C/CCCCCCCCCC(=O)O[C@H](COC(=O)CCCCCCCCCCCCCCCC)COC(=O)CCCCCCCCCCCCCCCCCCCCC. The second-order valence-electron chi connectivity index (χ2n) is 20.3. The van der Waals surface area contributed by atoms with E-state index in [9.17, 15) is 14.4 Å². The number of carbonyl (C=O) groups is 3. The summed E-state index contributed by atoms with van der Waals surface area (Å²) in [7, 11) is 0. The lowest BCUT2D eigenvalue weighted by Crippen LogP contribution is -2.30. The molecule has 0 radical (unpaired) electrons. The van der Waals surface area contributed by atoms with Crippen LogP contribution in [-0.4, -0.2) is 37.2 Å². The first-order chi connectivity index (χ1) is 32.5. The summed E-state index contributed by atoms with van der Waals surface area (Å²) >= 11 is 0. The van der Waals surface area contributed by atoms with E-state index >= 15 is 0 Å². The van der Waals surface area contributed by atoms with Crippen molar-refractivity contribution in [2.75, 3.05) is 13.2 Å². The molecule has 0 heterocycles. The molecule has 0 unspecified atom stereocenters. The molecule has 0 aromatic carbocycles. The molecule has 6 heteroatoms. The van der Waals surface area contributed by atoms with Gasteiger partial charge in [0, 0.05) is 19.3 Å². The Morgan fingerprint density at radius 1 is 0.288 bits per heavy atom. The smallest absolute Gasteiger partial charge is 0.306 e. The van der Waals surface area contributed by atoms with Crippen molar-refractivity contribution in [3.8, 4) is 0 Å². The van der Waals surface area contributed by atoms with Crippen LogP contribution in [0.3, 0.4) is 0 Å². The van der Waals surface area contributed by atoms with Gasteiger partial charge in [0.25, 0.3) is 0 Å². The Labute approximate surface area is 411 Å². The molecule has 0 saturated heterocycles. The molecule has 0 aromatic heterocycles. The molecule has 6 nitrogen and oxygen atoms in total. The number of allylic oxidation sites excluding steroid dienone is 2. The summed E-state index contributed by atoms with van der Waals surface area (Å²) in [6, 6.07) is 0. The fourth-order valence-electron chi connectivity index (χ4n) is 9.03. The summed E-state index contributed by atoms with van der Waals surface area (Å²) in [5.41, 5.74) is 0. The molecule has 0 rings (SSSR count). The minimum atomic E-state index is -0.766. The molecule has 0 amide bonds. The molecule has 0 spiro atoms. The van der Waals surface area contributed by atoms with Gasteiger partial charge in [-0.3, -0.25) is 14.4 Å². The molecule has 66 heavy (non-hydrogen) atoms. The van der Waals surface area contributed by atoms with Gasteiger partial charge in [-0.2, -0.15) is 0 Å². The van der Waals surface area contributed by atoms with Gasteiger partial charge in [0.1, 0.15) is 13.2 Å². The van der Waals surface area contributed by atoms with Crippen molar-refractivity contribution in [2.45, 2.75) is 341 Å². The molecular weight excluding hydrogens is 817 g/mol. The van der Waals surface area contributed by atoms with Crippen LogP contribution in [0.2, 0.25) is 0 Å². The zero-order valence-electron chi connectivity index (χ0n) is 44.7. The highest BCUT2D eigenvalue weighted by Gasteiger charge is 2.19. The van der Waals surface area contributed by atoms with Gasteiger partial charge in [-0.05, 0) is 44.9 Å². The van der Waals surface area contributed by atoms with Gasteiger partial charge < -0.3 is 14.2 Å². The maximum Gasteiger partial charge on any atom is 0.306 e. The van der Waals surface area contributed by atoms with E-state index in [-0.39, 0.29) is 31.1 Å². The summed E-state index contributed by atoms with van der Waals surface area (Å²) in [6.45, 7) is 6.69. The summed E-state index contributed by atoms with van der Waals surface area (Å²) in [6.07, 6.45) is 63.4. The molecule has 0 aromatic rings. The fourth-order valence-corrected chi connectivity index (χ4v) is 9.03. The predicted molar refractivity (Wildman–Crippen MR) is 284 cm³/mol. The number of esters is 3. The Balaban J connectivity index is 4.29. The van der Waals surface area contributed by atoms with E-state index in [4.69, 9.17) is 14.2 Å². The molecule has 0 N–H and O–H groups in total. The largest absolute Gasteiger partial charge is 0.462 e. The van der Waals surface area contributed by atoms with Crippen LogP contribution in [0.25, 0.3) is 0 Å². The molecule has 0 aliphatic rings. The van der Waals surface area contributed by atoms with Crippen molar-refractivity contribution in [1.82, 2.24) is 0 Å². The van der Waals surface area contributed by atoms with Crippen molar-refractivity contribution in [3.05, 3.63) is 12.2 Å². The average Bonchev–Trinajstić information content (AvgIpc) is 3.31. The van der Waals surface area contributed by atoms with Crippen LogP contribution in [0.4, 0.5) is 0 Å². The molecule has 0 aliphatic carbocycles. The van der Waals surface area contributed by atoms with E-state index in [1.165, 1.54) is 238 Å². The normalized spacial score (nSPS) is 12.0. The number of carbonyl (C=O) groups excluding carboxylic acids is 3. The zero-order chi connectivity index (χ0) is 47.9. The van der Waals surface area contributed by atoms with Gasteiger partial charge in [-0.25, -0.2) is 0 Å². The molecule has 1 atom stereocenters. The summed E-state index contributed by atoms with van der Waals surface area (Å²) in [4.78, 5) is 38.2. The highest BCUT2D eigenvalue weighted by Crippen LogP contribution is 2.17. The van der Waals surface area contributed by atoms with E-state index in [1.54, 1.807) is 0 Å². The van der Waals surface area contributed by atoms with Crippen LogP contribution < -0.4 is 0 Å². The Bertz CT molecular complexity index is 1020. The second kappa shape index (κ2) is 55.7. The lowest BCUT2D eigenvalue weighted by Gasteiger charge is -2.18. The van der Waals surface area contributed by atoms with E-state index < -0.39 is 6.10 Å². The summed E-state index contributed by atoms with van der Waals surface area (Å²) in [5.74, 6) is -0.844. The zero-order valence-corrected chi connectivity index (χ0v) is 44.7. The Morgan fingerprint density at radius 3 is 0.773 bits per heavy atom. The van der Waals surface area contributed by atoms with Crippen LogP contribution >= 0.6 is 0 Å². The van der Waals surface area contributed by atoms with Crippen molar-refractivity contribution in [1.29, 1.82) is 0 Å². The Hall–Kier alpha value is -1.85. The maximum absolute atomic E-state index is 12.8. The van der Waals surface area contributed by atoms with Crippen LogP contribution in [-0.2, 0) is 28.6 Å². The molecule has 0 bridgehead atoms. The number of rotatable bonds is 55. The van der Waals surface area contributed by atoms with Gasteiger partial charge in [0.15, 0.2) is 6.10 Å². The lowest BCUT2D eigenvalue weighted by molar-refractivity contribution is -0.167. The minimum Gasteiger partial charge on any atom is -0.462 e. The summed E-state index contributed by atoms with van der Waals surface area (Å²) in [5, 5.41) is 0. The monoisotopic (exact) mass is 931 g/mol. The quantitative estimate of drug-likeness (QED) is 0.0262. The molecule has 0 saturated carbocycles. The van der Waals surface area contributed by atoms with Crippen molar-refractivity contribution >= 4 is 17.9 Å². The van der Waals surface area contributed by atoms with Crippen molar-refractivity contribution in [3.63, 3.8) is 0 Å². The number of hydrogen-bond acceptors (Lipinski definition) is 6. The number of ether oxygens (including phenoxy) is 3. The van der Waals surface area contributed by atoms with Crippen LogP contribution in [0.15, 0.2) is 12.2 Å². The Kier molecular flexibility index (Phi) is 54.2. The minimum absolute atomic E-state index is 0.0656. The van der Waals surface area contributed by atoms with Gasteiger partial charge >= 0.3 is 17.9 Å². The lowest BCUT2D eigenvalue weighted by atomic mass is 10.0. The van der Waals surface area contributed by atoms with E-state index in [0.717, 1.165) is 57.8 Å². The van der Waals surface area contributed by atoms with E-state index in [0.29, 0.717) is 19.3 Å². The maximum atomic E-state index is 12.8. The number of hydrogen-bond donors (Lipinski definition) is 0. The average molecular weight is 932 g/mol. The van der Waals surface area contributed by atoms with Gasteiger partial charge in [0.05, 0.1) is 0 Å². The molecule has 0 aliphatic heterocycles. The fraction of sp³-hybridized carbons (Fsp3) is 0.917. The van der Waals surface area contributed by atoms with Crippen molar-refractivity contribution in [2.24, 2.45) is 0 Å². The van der Waals surface area contributed by atoms with Gasteiger partial charge in [0.2, 0.25) is 0 Å².